The molecule has 2 aromatic carbocycles. The first kappa shape index (κ1) is 15.6. The molecule has 0 heterocycles. The molecule has 114 valence electrons. The van der Waals surface area contributed by atoms with Crippen LogP contribution in [-0.2, 0) is 0 Å². The number of aliphatic hydroxyl groups excluding tert-OH is 1. The van der Waals surface area contributed by atoms with Gasteiger partial charge in [0.15, 0.2) is 0 Å². The van der Waals surface area contributed by atoms with Crippen LogP contribution in [0, 0.1) is 0 Å². The van der Waals surface area contributed by atoms with Crippen molar-refractivity contribution in [3.63, 3.8) is 0 Å². The Labute approximate surface area is 126 Å². The van der Waals surface area contributed by atoms with Crippen LogP contribution in [0.2, 0.25) is 0 Å². The van der Waals surface area contributed by atoms with Crippen LogP contribution in [0.15, 0.2) is 36.4 Å². The quantitative estimate of drug-likeness (QED) is 0.741. The topological polar surface area (TPSA) is 38.7 Å². The minimum atomic E-state index is -0.405. The molecule has 0 fully saturated rings. The van der Waals surface area contributed by atoms with Gasteiger partial charge in [-0.3, -0.25) is 0 Å². The zero-order chi connectivity index (χ0) is 15.1. The van der Waals surface area contributed by atoms with Crippen LogP contribution in [0.3, 0.4) is 0 Å². The Morgan fingerprint density at radius 3 is 2.33 bits per heavy atom. The highest BCUT2D eigenvalue weighted by Gasteiger charge is 2.09. The number of fused-ring (bicyclic) bond motifs is 1. The summed E-state index contributed by atoms with van der Waals surface area (Å²) in [7, 11) is 1.67. The summed E-state index contributed by atoms with van der Waals surface area (Å²) in [6.07, 6.45) is 3.75. The molecule has 21 heavy (non-hydrogen) atoms. The molecular formula is C18H24O3. The van der Waals surface area contributed by atoms with Crippen LogP contribution in [0.4, 0.5) is 0 Å². The molecule has 0 aliphatic heterocycles. The fourth-order valence-electron chi connectivity index (χ4n) is 2.45. The average Bonchev–Trinajstić information content (AvgIpc) is 2.52. The van der Waals surface area contributed by atoms with Crippen molar-refractivity contribution < 1.29 is 14.6 Å². The molecular weight excluding hydrogens is 264 g/mol. The summed E-state index contributed by atoms with van der Waals surface area (Å²) in [6, 6.07) is 11.8. The van der Waals surface area contributed by atoms with Crippen LogP contribution < -0.4 is 9.47 Å². The Morgan fingerprint density at radius 1 is 1.00 bits per heavy atom. The first-order chi connectivity index (χ1) is 10.3. The zero-order valence-corrected chi connectivity index (χ0v) is 12.8. The molecule has 2 aromatic rings. The number of ether oxygens (including phenoxy) is 2. The molecule has 1 N–H and O–H groups in total. The first-order valence-electron chi connectivity index (χ1n) is 7.63. The normalized spacial score (nSPS) is 12.3. The number of hydrogen-bond acceptors (Lipinski definition) is 3. The molecule has 0 spiro atoms. The van der Waals surface area contributed by atoms with Gasteiger partial charge in [0.2, 0.25) is 0 Å². The lowest BCUT2D eigenvalue weighted by Gasteiger charge is -2.15. The standard InChI is InChI=1S/C18H24O3/c1-3-4-5-8-14(19)13-21-18-12-11-17(20-2)15-9-6-7-10-16(15)18/h6-7,9-12,14,19H,3-5,8,13H2,1-2H3. The van der Waals surface area contributed by atoms with Gasteiger partial charge < -0.3 is 14.6 Å². The molecule has 0 aromatic heterocycles. The van der Waals surface area contributed by atoms with Gasteiger partial charge in [0.25, 0.3) is 0 Å². The molecule has 1 unspecified atom stereocenters. The van der Waals surface area contributed by atoms with Crippen molar-refractivity contribution in [2.45, 2.75) is 38.7 Å². The number of aliphatic hydroxyl groups is 1. The van der Waals surface area contributed by atoms with E-state index in [0.29, 0.717) is 6.61 Å². The number of hydrogen-bond donors (Lipinski definition) is 1. The minimum Gasteiger partial charge on any atom is -0.496 e. The molecule has 0 bridgehead atoms. The third-order valence-corrected chi connectivity index (χ3v) is 3.64. The van der Waals surface area contributed by atoms with Crippen molar-refractivity contribution >= 4 is 10.8 Å². The maximum atomic E-state index is 9.96. The van der Waals surface area contributed by atoms with Gasteiger partial charge in [-0.2, -0.15) is 0 Å². The Hall–Kier alpha value is -1.74. The molecule has 0 saturated heterocycles. The predicted molar refractivity (Wildman–Crippen MR) is 86.1 cm³/mol. The van der Waals surface area contributed by atoms with Crippen molar-refractivity contribution in [3.05, 3.63) is 36.4 Å². The molecule has 0 radical (unpaired) electrons. The molecule has 3 heteroatoms. The van der Waals surface area contributed by atoms with Gasteiger partial charge >= 0.3 is 0 Å². The fourth-order valence-corrected chi connectivity index (χ4v) is 2.45. The SMILES string of the molecule is CCCCCC(O)COc1ccc(OC)c2ccccc12. The molecule has 0 aliphatic carbocycles. The van der Waals surface area contributed by atoms with Crippen molar-refractivity contribution in [2.75, 3.05) is 13.7 Å². The lowest BCUT2D eigenvalue weighted by atomic mass is 10.1. The van der Waals surface area contributed by atoms with Crippen LogP contribution in [0.25, 0.3) is 10.8 Å². The summed E-state index contributed by atoms with van der Waals surface area (Å²) >= 11 is 0. The van der Waals surface area contributed by atoms with E-state index in [4.69, 9.17) is 9.47 Å². The van der Waals surface area contributed by atoms with E-state index in [1.807, 2.05) is 36.4 Å². The molecule has 0 amide bonds. The minimum absolute atomic E-state index is 0.333. The maximum absolute atomic E-state index is 9.96. The molecule has 2 rings (SSSR count). The molecule has 1 atom stereocenters. The Kier molecular flexibility index (Phi) is 5.88. The Morgan fingerprint density at radius 2 is 1.67 bits per heavy atom. The van der Waals surface area contributed by atoms with Crippen molar-refractivity contribution in [1.82, 2.24) is 0 Å². The van der Waals surface area contributed by atoms with Gasteiger partial charge in [-0.25, -0.2) is 0 Å². The number of benzene rings is 2. The van der Waals surface area contributed by atoms with E-state index in [-0.39, 0.29) is 0 Å². The highest BCUT2D eigenvalue weighted by Crippen LogP contribution is 2.32. The third-order valence-electron chi connectivity index (χ3n) is 3.64. The van der Waals surface area contributed by atoms with E-state index < -0.39 is 6.10 Å². The van der Waals surface area contributed by atoms with Gasteiger partial charge in [0.05, 0.1) is 13.2 Å². The van der Waals surface area contributed by atoms with E-state index in [1.165, 1.54) is 0 Å². The fraction of sp³-hybridized carbons (Fsp3) is 0.444. The highest BCUT2D eigenvalue weighted by molar-refractivity contribution is 5.93. The van der Waals surface area contributed by atoms with Crippen LogP contribution in [0.1, 0.15) is 32.6 Å². The van der Waals surface area contributed by atoms with Crippen LogP contribution >= 0.6 is 0 Å². The average molecular weight is 288 g/mol. The number of methoxy groups -OCH3 is 1. The largest absolute Gasteiger partial charge is 0.496 e. The second-order valence-electron chi connectivity index (χ2n) is 5.27. The van der Waals surface area contributed by atoms with E-state index in [9.17, 15) is 5.11 Å². The molecule has 0 saturated carbocycles. The summed E-state index contributed by atoms with van der Waals surface area (Å²) in [5.74, 6) is 1.63. The lowest BCUT2D eigenvalue weighted by molar-refractivity contribution is 0.0984. The van der Waals surface area contributed by atoms with Crippen molar-refractivity contribution in [2.24, 2.45) is 0 Å². The van der Waals surface area contributed by atoms with E-state index in [2.05, 4.69) is 6.92 Å². The van der Waals surface area contributed by atoms with E-state index in [0.717, 1.165) is 48.0 Å². The zero-order valence-electron chi connectivity index (χ0n) is 12.8. The second-order valence-corrected chi connectivity index (χ2v) is 5.27. The molecule has 3 nitrogen and oxygen atoms in total. The van der Waals surface area contributed by atoms with Gasteiger partial charge in [-0.05, 0) is 18.6 Å². The monoisotopic (exact) mass is 288 g/mol. The summed E-state index contributed by atoms with van der Waals surface area (Å²) in [4.78, 5) is 0. The number of unbranched alkanes of at least 4 members (excludes halogenated alkanes) is 2. The summed E-state index contributed by atoms with van der Waals surface area (Å²) in [5, 5.41) is 12.0. The van der Waals surface area contributed by atoms with Crippen molar-refractivity contribution in [3.8, 4) is 11.5 Å². The van der Waals surface area contributed by atoms with Crippen LogP contribution in [0.5, 0.6) is 11.5 Å². The summed E-state index contributed by atoms with van der Waals surface area (Å²) in [5.41, 5.74) is 0. The second kappa shape index (κ2) is 7.89. The van der Waals surface area contributed by atoms with Gasteiger partial charge in [-0.1, -0.05) is 50.5 Å². The summed E-state index contributed by atoms with van der Waals surface area (Å²) in [6.45, 7) is 2.49. The van der Waals surface area contributed by atoms with E-state index >= 15 is 0 Å². The van der Waals surface area contributed by atoms with Crippen LogP contribution in [-0.4, -0.2) is 24.9 Å². The Bertz CT molecular complexity index is 565. The number of rotatable bonds is 8. The maximum Gasteiger partial charge on any atom is 0.127 e. The predicted octanol–water partition coefficient (Wildman–Crippen LogP) is 4.17. The van der Waals surface area contributed by atoms with Gasteiger partial charge in [0.1, 0.15) is 18.1 Å². The van der Waals surface area contributed by atoms with Crippen molar-refractivity contribution in [1.29, 1.82) is 0 Å². The lowest BCUT2D eigenvalue weighted by Crippen LogP contribution is -2.17. The smallest absolute Gasteiger partial charge is 0.127 e. The summed E-state index contributed by atoms with van der Waals surface area (Å²) < 4.78 is 11.2. The van der Waals surface area contributed by atoms with Gasteiger partial charge in [-0.15, -0.1) is 0 Å². The molecule has 0 aliphatic rings. The Balaban J connectivity index is 2.05. The van der Waals surface area contributed by atoms with Gasteiger partial charge in [0, 0.05) is 10.8 Å². The van der Waals surface area contributed by atoms with E-state index in [1.54, 1.807) is 7.11 Å². The third kappa shape index (κ3) is 4.11. The first-order valence-corrected chi connectivity index (χ1v) is 7.63. The highest BCUT2D eigenvalue weighted by atomic mass is 16.5.